The van der Waals surface area contributed by atoms with Gasteiger partial charge in [-0.3, -0.25) is 4.90 Å². The van der Waals surface area contributed by atoms with Gasteiger partial charge in [-0.25, -0.2) is 0 Å². The smallest absolute Gasteiger partial charge is 0.0510 e. The molecular formula is C18H32N2S. The minimum atomic E-state index is 0.174. The van der Waals surface area contributed by atoms with E-state index in [9.17, 15) is 0 Å². The SMILES string of the molecule is CCCNC(c1csc(C)c1)C(C)(C)N1CCCCCC1. The van der Waals surface area contributed by atoms with E-state index in [1.165, 1.54) is 55.6 Å². The summed E-state index contributed by atoms with van der Waals surface area (Å²) in [6, 6.07) is 2.80. The molecule has 2 heterocycles. The summed E-state index contributed by atoms with van der Waals surface area (Å²) in [7, 11) is 0. The molecule has 1 N–H and O–H groups in total. The zero-order valence-corrected chi connectivity index (χ0v) is 15.1. The highest BCUT2D eigenvalue weighted by molar-refractivity contribution is 7.10. The van der Waals surface area contributed by atoms with E-state index >= 15 is 0 Å². The predicted molar refractivity (Wildman–Crippen MR) is 94.2 cm³/mol. The fourth-order valence-corrected chi connectivity index (χ4v) is 4.24. The van der Waals surface area contributed by atoms with Crippen molar-refractivity contribution in [2.24, 2.45) is 0 Å². The van der Waals surface area contributed by atoms with Gasteiger partial charge in [0.25, 0.3) is 0 Å². The van der Waals surface area contributed by atoms with Crippen molar-refractivity contribution in [2.45, 2.75) is 71.4 Å². The van der Waals surface area contributed by atoms with E-state index in [4.69, 9.17) is 0 Å². The van der Waals surface area contributed by atoms with Crippen molar-refractivity contribution >= 4 is 11.3 Å². The fraction of sp³-hybridized carbons (Fsp3) is 0.778. The average Bonchev–Trinajstić information content (AvgIpc) is 2.71. The highest BCUT2D eigenvalue weighted by Gasteiger charge is 2.36. The van der Waals surface area contributed by atoms with Gasteiger partial charge in [-0.2, -0.15) is 0 Å². The second-order valence-electron chi connectivity index (χ2n) is 6.93. The van der Waals surface area contributed by atoms with E-state index in [2.05, 4.69) is 49.4 Å². The Morgan fingerprint density at radius 3 is 2.43 bits per heavy atom. The molecule has 2 nitrogen and oxygen atoms in total. The molecule has 0 aliphatic carbocycles. The molecule has 1 atom stereocenters. The van der Waals surface area contributed by atoms with Gasteiger partial charge < -0.3 is 5.32 Å². The average molecular weight is 309 g/mol. The lowest BCUT2D eigenvalue weighted by atomic mass is 9.87. The lowest BCUT2D eigenvalue weighted by molar-refractivity contribution is 0.0835. The molecular weight excluding hydrogens is 276 g/mol. The summed E-state index contributed by atoms with van der Waals surface area (Å²) in [5, 5.41) is 6.17. The van der Waals surface area contributed by atoms with Gasteiger partial charge in [-0.15, -0.1) is 11.3 Å². The van der Waals surface area contributed by atoms with Crippen LogP contribution in [0.25, 0.3) is 0 Å². The second kappa shape index (κ2) is 7.75. The molecule has 21 heavy (non-hydrogen) atoms. The first-order valence-electron chi connectivity index (χ1n) is 8.59. The molecule has 1 unspecified atom stereocenters. The monoisotopic (exact) mass is 308 g/mol. The number of thiophene rings is 1. The standard InChI is InChI=1S/C18H32N2S/c1-5-10-19-17(16-13-15(2)21-14-16)18(3,4)20-11-8-6-7-9-12-20/h13-14,17,19H,5-12H2,1-4H3. The quantitative estimate of drug-likeness (QED) is 0.815. The Balaban J connectivity index is 2.20. The molecule has 1 aliphatic heterocycles. The first kappa shape index (κ1) is 17.0. The van der Waals surface area contributed by atoms with Gasteiger partial charge in [0.1, 0.15) is 0 Å². The van der Waals surface area contributed by atoms with E-state index in [1.807, 2.05) is 11.3 Å². The molecule has 1 aliphatic rings. The minimum absolute atomic E-state index is 0.174. The number of hydrogen-bond donors (Lipinski definition) is 1. The van der Waals surface area contributed by atoms with Crippen LogP contribution in [0.15, 0.2) is 11.4 Å². The maximum atomic E-state index is 3.82. The van der Waals surface area contributed by atoms with E-state index in [0.717, 1.165) is 6.54 Å². The van der Waals surface area contributed by atoms with Crippen LogP contribution in [0.1, 0.15) is 69.4 Å². The summed E-state index contributed by atoms with van der Waals surface area (Å²) in [6.07, 6.45) is 6.70. The summed E-state index contributed by atoms with van der Waals surface area (Å²) in [5.74, 6) is 0. The van der Waals surface area contributed by atoms with Gasteiger partial charge in [0.05, 0.1) is 6.04 Å². The third kappa shape index (κ3) is 4.30. The molecule has 0 aromatic carbocycles. The number of nitrogens with zero attached hydrogens (tertiary/aromatic N) is 1. The largest absolute Gasteiger partial charge is 0.308 e. The predicted octanol–water partition coefficient (Wildman–Crippen LogP) is 4.75. The normalized spacial score (nSPS) is 19.4. The molecule has 1 aromatic rings. The first-order chi connectivity index (χ1) is 10.1. The summed E-state index contributed by atoms with van der Waals surface area (Å²) >= 11 is 1.87. The molecule has 0 radical (unpaired) electrons. The Labute approximate surface area is 134 Å². The molecule has 1 saturated heterocycles. The zero-order valence-electron chi connectivity index (χ0n) is 14.2. The summed E-state index contributed by atoms with van der Waals surface area (Å²) in [5.41, 5.74) is 1.65. The van der Waals surface area contributed by atoms with Crippen LogP contribution >= 0.6 is 11.3 Å². The Morgan fingerprint density at radius 1 is 1.24 bits per heavy atom. The van der Waals surface area contributed by atoms with Crippen molar-refractivity contribution in [3.05, 3.63) is 21.9 Å². The Kier molecular flexibility index (Phi) is 6.27. The van der Waals surface area contributed by atoms with Gasteiger partial charge in [0.2, 0.25) is 0 Å². The van der Waals surface area contributed by atoms with Crippen LogP contribution in [0.2, 0.25) is 0 Å². The number of likely N-dealkylation sites (tertiary alicyclic amines) is 1. The van der Waals surface area contributed by atoms with E-state index in [1.54, 1.807) is 0 Å². The van der Waals surface area contributed by atoms with E-state index in [0.29, 0.717) is 6.04 Å². The lowest BCUT2D eigenvalue weighted by Crippen LogP contribution is -2.53. The maximum Gasteiger partial charge on any atom is 0.0510 e. The molecule has 3 heteroatoms. The Bertz CT molecular complexity index is 417. The topological polar surface area (TPSA) is 15.3 Å². The molecule has 2 rings (SSSR count). The lowest BCUT2D eigenvalue weighted by Gasteiger charge is -2.44. The maximum absolute atomic E-state index is 3.82. The van der Waals surface area contributed by atoms with Crippen molar-refractivity contribution in [3.8, 4) is 0 Å². The van der Waals surface area contributed by atoms with Gasteiger partial charge in [0, 0.05) is 10.4 Å². The van der Waals surface area contributed by atoms with Crippen LogP contribution in [0.3, 0.4) is 0 Å². The first-order valence-corrected chi connectivity index (χ1v) is 9.47. The van der Waals surface area contributed by atoms with Crippen LogP contribution in [0, 0.1) is 6.92 Å². The number of aryl methyl sites for hydroxylation is 1. The van der Waals surface area contributed by atoms with Crippen molar-refractivity contribution in [1.82, 2.24) is 10.2 Å². The van der Waals surface area contributed by atoms with Gasteiger partial charge in [-0.1, -0.05) is 19.8 Å². The van der Waals surface area contributed by atoms with Crippen molar-refractivity contribution in [1.29, 1.82) is 0 Å². The fourth-order valence-electron chi connectivity index (χ4n) is 3.51. The van der Waals surface area contributed by atoms with Crippen molar-refractivity contribution in [3.63, 3.8) is 0 Å². The minimum Gasteiger partial charge on any atom is -0.308 e. The molecule has 0 amide bonds. The highest BCUT2D eigenvalue weighted by Crippen LogP contribution is 2.34. The summed E-state index contributed by atoms with van der Waals surface area (Å²) in [6.45, 7) is 12.9. The second-order valence-corrected chi connectivity index (χ2v) is 8.05. The van der Waals surface area contributed by atoms with Crippen LogP contribution in [-0.2, 0) is 0 Å². The van der Waals surface area contributed by atoms with Crippen molar-refractivity contribution < 1.29 is 0 Å². The Hall–Kier alpha value is -0.380. The number of nitrogens with one attached hydrogen (secondary N) is 1. The van der Waals surface area contributed by atoms with Crippen LogP contribution in [0.4, 0.5) is 0 Å². The van der Waals surface area contributed by atoms with E-state index < -0.39 is 0 Å². The molecule has 0 saturated carbocycles. The molecule has 0 spiro atoms. The number of rotatable bonds is 6. The third-order valence-electron chi connectivity index (χ3n) is 4.81. The molecule has 0 bridgehead atoms. The zero-order chi connectivity index (χ0) is 15.3. The van der Waals surface area contributed by atoms with Crippen LogP contribution in [-0.4, -0.2) is 30.1 Å². The van der Waals surface area contributed by atoms with Crippen LogP contribution in [0.5, 0.6) is 0 Å². The van der Waals surface area contributed by atoms with Gasteiger partial charge in [-0.05, 0) is 76.7 Å². The van der Waals surface area contributed by atoms with Crippen LogP contribution < -0.4 is 5.32 Å². The molecule has 120 valence electrons. The molecule has 1 fully saturated rings. The highest BCUT2D eigenvalue weighted by atomic mass is 32.1. The Morgan fingerprint density at radius 2 is 1.90 bits per heavy atom. The van der Waals surface area contributed by atoms with E-state index in [-0.39, 0.29) is 5.54 Å². The van der Waals surface area contributed by atoms with Gasteiger partial charge >= 0.3 is 0 Å². The third-order valence-corrected chi connectivity index (χ3v) is 5.69. The number of hydrogen-bond acceptors (Lipinski definition) is 3. The summed E-state index contributed by atoms with van der Waals surface area (Å²) in [4.78, 5) is 4.14. The summed E-state index contributed by atoms with van der Waals surface area (Å²) < 4.78 is 0. The van der Waals surface area contributed by atoms with Crippen molar-refractivity contribution in [2.75, 3.05) is 19.6 Å². The van der Waals surface area contributed by atoms with Gasteiger partial charge in [0.15, 0.2) is 0 Å². The molecule has 1 aromatic heterocycles.